The van der Waals surface area contributed by atoms with Gasteiger partial charge in [-0.25, -0.2) is 4.98 Å². The Morgan fingerprint density at radius 1 is 1.12 bits per heavy atom. The fourth-order valence-electron chi connectivity index (χ4n) is 2.59. The summed E-state index contributed by atoms with van der Waals surface area (Å²) in [5.41, 5.74) is 9.09. The lowest BCUT2D eigenvalue weighted by atomic mass is 10.0. The van der Waals surface area contributed by atoms with Gasteiger partial charge in [-0.1, -0.05) is 41.7 Å². The molecule has 2 aromatic carbocycles. The molecule has 0 saturated heterocycles. The first-order chi connectivity index (χ1) is 12.5. The number of nitrogens with one attached hydrogen (secondary N) is 2. The first-order valence-corrected chi connectivity index (χ1v) is 9.07. The number of benzene rings is 2. The summed E-state index contributed by atoms with van der Waals surface area (Å²) in [4.78, 5) is 28.2. The molecule has 0 unspecified atom stereocenters. The third kappa shape index (κ3) is 4.44. The van der Waals surface area contributed by atoms with Crippen molar-refractivity contribution in [2.75, 3.05) is 11.9 Å². The summed E-state index contributed by atoms with van der Waals surface area (Å²) in [7, 11) is 0. The lowest BCUT2D eigenvalue weighted by molar-refractivity contribution is -0.119. The Morgan fingerprint density at radius 2 is 1.88 bits per heavy atom. The Bertz CT molecular complexity index is 952. The molecule has 134 valence electrons. The summed E-state index contributed by atoms with van der Waals surface area (Å²) >= 11 is 1.46. The molecular formula is C19H20N4O2S. The number of aromatic nitrogens is 1. The number of nitrogens with two attached hydrogens (primary N) is 1. The minimum absolute atomic E-state index is 0.0558. The van der Waals surface area contributed by atoms with Crippen LogP contribution in [0.15, 0.2) is 42.5 Å². The van der Waals surface area contributed by atoms with E-state index < -0.39 is 0 Å². The summed E-state index contributed by atoms with van der Waals surface area (Å²) in [5.74, 6) is -0.368. The van der Waals surface area contributed by atoms with Crippen LogP contribution in [0.25, 0.3) is 10.2 Å². The summed E-state index contributed by atoms with van der Waals surface area (Å²) in [5, 5.41) is 6.18. The Kier molecular flexibility index (Phi) is 5.60. The number of amides is 2. The predicted octanol–water partition coefficient (Wildman–Crippen LogP) is 2.36. The topological polar surface area (TPSA) is 97.1 Å². The van der Waals surface area contributed by atoms with Gasteiger partial charge in [-0.05, 0) is 35.7 Å². The van der Waals surface area contributed by atoms with Gasteiger partial charge in [-0.15, -0.1) is 0 Å². The van der Waals surface area contributed by atoms with Gasteiger partial charge in [0.15, 0.2) is 5.13 Å². The molecule has 2 amide bonds. The molecule has 0 radical (unpaired) electrons. The van der Waals surface area contributed by atoms with Crippen LogP contribution in [0.4, 0.5) is 5.13 Å². The number of hydrogen-bond acceptors (Lipinski definition) is 5. The third-order valence-electron chi connectivity index (χ3n) is 3.92. The molecule has 0 fully saturated rings. The van der Waals surface area contributed by atoms with E-state index in [1.165, 1.54) is 11.3 Å². The lowest BCUT2D eigenvalue weighted by Crippen LogP contribution is -2.30. The summed E-state index contributed by atoms with van der Waals surface area (Å²) < 4.78 is 1.05. The van der Waals surface area contributed by atoms with Crippen LogP contribution in [-0.4, -0.2) is 23.3 Å². The zero-order valence-corrected chi connectivity index (χ0v) is 15.2. The van der Waals surface area contributed by atoms with Gasteiger partial charge < -0.3 is 16.4 Å². The van der Waals surface area contributed by atoms with E-state index in [0.29, 0.717) is 11.7 Å². The van der Waals surface area contributed by atoms with Crippen LogP contribution >= 0.6 is 11.3 Å². The highest BCUT2D eigenvalue weighted by atomic mass is 32.1. The van der Waals surface area contributed by atoms with Crippen molar-refractivity contribution in [1.29, 1.82) is 0 Å². The standard InChI is InChI=1S/C19H20N4O2S/c1-12-6-7-15-16(8-12)26-19(22-15)23-17(24)9-13-4-2-3-5-14(13)11-21-18(25)10-20/h2-8H,9-11,20H2,1H3,(H,21,25)(H,22,23,24). The zero-order valence-electron chi connectivity index (χ0n) is 14.4. The molecule has 0 saturated carbocycles. The number of rotatable bonds is 6. The van der Waals surface area contributed by atoms with E-state index in [9.17, 15) is 9.59 Å². The van der Waals surface area contributed by atoms with Gasteiger partial charge in [0.05, 0.1) is 23.2 Å². The largest absolute Gasteiger partial charge is 0.351 e. The Balaban J connectivity index is 1.68. The Morgan fingerprint density at radius 3 is 2.65 bits per heavy atom. The van der Waals surface area contributed by atoms with E-state index in [1.54, 1.807) is 0 Å². The highest BCUT2D eigenvalue weighted by molar-refractivity contribution is 7.22. The molecule has 0 atom stereocenters. The second kappa shape index (κ2) is 8.07. The minimum atomic E-state index is -0.228. The Hall–Kier alpha value is -2.77. The molecule has 1 aromatic heterocycles. The van der Waals surface area contributed by atoms with Gasteiger partial charge in [0.1, 0.15) is 0 Å². The van der Waals surface area contributed by atoms with Crippen LogP contribution in [0.5, 0.6) is 0 Å². The summed E-state index contributed by atoms with van der Waals surface area (Å²) in [6, 6.07) is 13.5. The van der Waals surface area contributed by atoms with Crippen LogP contribution in [0.3, 0.4) is 0 Å². The van der Waals surface area contributed by atoms with E-state index in [2.05, 4.69) is 21.7 Å². The molecule has 0 aliphatic heterocycles. The van der Waals surface area contributed by atoms with E-state index in [1.807, 2.05) is 43.3 Å². The Labute approximate surface area is 155 Å². The number of nitrogens with zero attached hydrogens (tertiary/aromatic N) is 1. The summed E-state index contributed by atoms with van der Waals surface area (Å²) in [6.07, 6.45) is 0.212. The van der Waals surface area contributed by atoms with Crippen molar-refractivity contribution in [3.8, 4) is 0 Å². The van der Waals surface area contributed by atoms with Crippen LogP contribution in [0, 0.1) is 6.92 Å². The molecule has 3 aromatic rings. The SMILES string of the molecule is Cc1ccc2nc(NC(=O)Cc3ccccc3CNC(=O)CN)sc2c1. The van der Waals surface area contributed by atoms with E-state index >= 15 is 0 Å². The maximum absolute atomic E-state index is 12.4. The first-order valence-electron chi connectivity index (χ1n) is 8.26. The number of thiazole rings is 1. The van der Waals surface area contributed by atoms with Crippen molar-refractivity contribution in [2.24, 2.45) is 5.73 Å². The zero-order chi connectivity index (χ0) is 18.5. The molecule has 0 spiro atoms. The molecular weight excluding hydrogens is 348 g/mol. The molecule has 1 heterocycles. The molecule has 0 aliphatic carbocycles. The number of hydrogen-bond donors (Lipinski definition) is 3. The number of anilines is 1. The van der Waals surface area contributed by atoms with Crippen molar-refractivity contribution in [1.82, 2.24) is 10.3 Å². The average molecular weight is 368 g/mol. The quantitative estimate of drug-likeness (QED) is 0.622. The van der Waals surface area contributed by atoms with Crippen molar-refractivity contribution in [3.05, 3.63) is 59.2 Å². The second-order valence-electron chi connectivity index (χ2n) is 5.96. The van der Waals surface area contributed by atoms with Gasteiger partial charge in [0.2, 0.25) is 11.8 Å². The fourth-order valence-corrected chi connectivity index (χ4v) is 3.57. The minimum Gasteiger partial charge on any atom is -0.351 e. The second-order valence-corrected chi connectivity index (χ2v) is 7.00. The predicted molar refractivity (Wildman–Crippen MR) is 104 cm³/mol. The monoisotopic (exact) mass is 368 g/mol. The normalized spacial score (nSPS) is 10.7. The summed E-state index contributed by atoms with van der Waals surface area (Å²) in [6.45, 7) is 2.32. The maximum Gasteiger partial charge on any atom is 0.234 e. The number of aryl methyl sites for hydroxylation is 1. The molecule has 0 bridgehead atoms. The molecule has 6 nitrogen and oxygen atoms in total. The lowest BCUT2D eigenvalue weighted by Gasteiger charge is -2.10. The fraction of sp³-hybridized carbons (Fsp3) is 0.211. The molecule has 3 rings (SSSR count). The molecule has 7 heteroatoms. The van der Waals surface area contributed by atoms with Crippen molar-refractivity contribution < 1.29 is 9.59 Å². The van der Waals surface area contributed by atoms with Gasteiger partial charge in [0.25, 0.3) is 0 Å². The highest BCUT2D eigenvalue weighted by Crippen LogP contribution is 2.26. The van der Waals surface area contributed by atoms with Gasteiger partial charge in [-0.3, -0.25) is 9.59 Å². The van der Waals surface area contributed by atoms with Crippen molar-refractivity contribution in [3.63, 3.8) is 0 Å². The van der Waals surface area contributed by atoms with Crippen LogP contribution in [0.2, 0.25) is 0 Å². The van der Waals surface area contributed by atoms with Crippen LogP contribution in [0.1, 0.15) is 16.7 Å². The maximum atomic E-state index is 12.4. The first kappa shape index (κ1) is 18.0. The highest BCUT2D eigenvalue weighted by Gasteiger charge is 2.11. The number of fused-ring (bicyclic) bond motifs is 1. The van der Waals surface area contributed by atoms with E-state index in [4.69, 9.17) is 5.73 Å². The number of carbonyl (C=O) groups is 2. The number of carbonyl (C=O) groups excluding carboxylic acids is 2. The van der Waals surface area contributed by atoms with Crippen molar-refractivity contribution >= 4 is 38.5 Å². The van der Waals surface area contributed by atoms with Crippen LogP contribution < -0.4 is 16.4 Å². The van der Waals surface area contributed by atoms with Gasteiger partial charge in [0, 0.05) is 6.54 Å². The van der Waals surface area contributed by atoms with E-state index in [0.717, 1.165) is 26.9 Å². The third-order valence-corrected chi connectivity index (χ3v) is 4.85. The van der Waals surface area contributed by atoms with Gasteiger partial charge >= 0.3 is 0 Å². The molecule has 26 heavy (non-hydrogen) atoms. The van der Waals surface area contributed by atoms with Crippen molar-refractivity contribution in [2.45, 2.75) is 19.9 Å². The average Bonchev–Trinajstić information content (AvgIpc) is 3.01. The molecule has 0 aliphatic rings. The van der Waals surface area contributed by atoms with Crippen LogP contribution in [-0.2, 0) is 22.6 Å². The smallest absolute Gasteiger partial charge is 0.234 e. The van der Waals surface area contributed by atoms with E-state index in [-0.39, 0.29) is 24.8 Å². The van der Waals surface area contributed by atoms with Gasteiger partial charge in [-0.2, -0.15) is 0 Å². The molecule has 4 N–H and O–H groups in total.